The molecule has 4 rings (SSSR count). The first-order valence-corrected chi connectivity index (χ1v) is 8.64. The number of hydrogen-bond donors (Lipinski definition) is 1. The van der Waals surface area contributed by atoms with Crippen LogP contribution in [0.5, 0.6) is 0 Å². The molecule has 7 heteroatoms. The Morgan fingerprint density at radius 2 is 2.19 bits per heavy atom. The molecule has 3 heterocycles. The smallest absolute Gasteiger partial charge is 0.257 e. The Morgan fingerprint density at radius 3 is 2.92 bits per heavy atom. The summed E-state index contributed by atoms with van der Waals surface area (Å²) in [5.41, 5.74) is 1.72. The molecule has 1 amide bonds. The van der Waals surface area contributed by atoms with Gasteiger partial charge >= 0.3 is 0 Å². The van der Waals surface area contributed by atoms with Crippen molar-refractivity contribution in [3.63, 3.8) is 0 Å². The van der Waals surface area contributed by atoms with Crippen molar-refractivity contribution in [3.8, 4) is 0 Å². The van der Waals surface area contributed by atoms with Crippen LogP contribution in [0.15, 0.2) is 55.1 Å². The first kappa shape index (κ1) is 16.5. The Hall–Kier alpha value is -2.93. The second kappa shape index (κ2) is 7.13. The third-order valence-electron chi connectivity index (χ3n) is 4.76. The van der Waals surface area contributed by atoms with E-state index in [1.54, 1.807) is 36.6 Å². The number of benzene rings is 1. The fourth-order valence-electron chi connectivity index (χ4n) is 3.41. The highest BCUT2D eigenvalue weighted by Crippen LogP contribution is 2.32. The van der Waals surface area contributed by atoms with E-state index in [4.69, 9.17) is 4.74 Å². The number of methoxy groups -OCH3 is 1. The van der Waals surface area contributed by atoms with Crippen LogP contribution in [0, 0.1) is 0 Å². The van der Waals surface area contributed by atoms with Gasteiger partial charge in [-0.2, -0.15) is 5.10 Å². The summed E-state index contributed by atoms with van der Waals surface area (Å²) in [6.07, 6.45) is 7.65. The summed E-state index contributed by atoms with van der Waals surface area (Å²) in [4.78, 5) is 22.3. The monoisotopic (exact) mass is 351 g/mol. The molecule has 3 aromatic rings. The van der Waals surface area contributed by atoms with E-state index in [-0.39, 0.29) is 18.1 Å². The van der Waals surface area contributed by atoms with E-state index in [9.17, 15) is 4.79 Å². The zero-order valence-electron chi connectivity index (χ0n) is 14.6. The zero-order valence-corrected chi connectivity index (χ0v) is 14.6. The Balaban J connectivity index is 1.53. The summed E-state index contributed by atoms with van der Waals surface area (Å²) in [6.45, 7) is 1.18. The average Bonchev–Trinajstić information content (AvgIpc) is 3.41. The molecule has 1 aromatic carbocycles. The molecule has 0 saturated carbocycles. The summed E-state index contributed by atoms with van der Waals surface area (Å²) in [5.74, 6) is 0.736. The van der Waals surface area contributed by atoms with Gasteiger partial charge in [0, 0.05) is 38.7 Å². The number of carbonyl (C=O) groups is 1. The van der Waals surface area contributed by atoms with Crippen LogP contribution in [0.2, 0.25) is 0 Å². The molecule has 0 aliphatic carbocycles. The van der Waals surface area contributed by atoms with E-state index in [1.165, 1.54) is 0 Å². The fourth-order valence-corrected chi connectivity index (χ4v) is 3.41. The summed E-state index contributed by atoms with van der Waals surface area (Å²) >= 11 is 0. The Kier molecular flexibility index (Phi) is 4.53. The SMILES string of the molecule is CO[C@@H]1CC(c2ncc[nH]2)N(C(=O)c2cnn(Cc3ccccc3)c2)C1. The van der Waals surface area contributed by atoms with Gasteiger partial charge in [-0.25, -0.2) is 4.98 Å². The molecule has 7 nitrogen and oxygen atoms in total. The number of nitrogens with one attached hydrogen (secondary N) is 1. The summed E-state index contributed by atoms with van der Waals surface area (Å²) in [6, 6.07) is 9.94. The standard InChI is InChI=1S/C19H21N5O2/c1-26-16-9-17(18-20-7-8-21-18)24(13-16)19(25)15-10-22-23(12-15)11-14-5-3-2-4-6-14/h2-8,10,12,16-17H,9,11,13H2,1H3,(H,20,21)/t16-,17?/m1/s1. The predicted octanol–water partition coefficient (Wildman–Crippen LogP) is 2.26. The maximum atomic E-state index is 13.1. The average molecular weight is 351 g/mol. The molecule has 1 aliphatic rings. The van der Waals surface area contributed by atoms with E-state index >= 15 is 0 Å². The number of amides is 1. The van der Waals surface area contributed by atoms with Crippen LogP contribution in [0.3, 0.4) is 0 Å². The van der Waals surface area contributed by atoms with Crippen LogP contribution < -0.4 is 0 Å². The molecule has 1 aliphatic heterocycles. The molecule has 2 atom stereocenters. The molecule has 1 saturated heterocycles. The van der Waals surface area contributed by atoms with Crippen molar-refractivity contribution in [1.29, 1.82) is 0 Å². The van der Waals surface area contributed by atoms with Crippen LogP contribution >= 0.6 is 0 Å². The van der Waals surface area contributed by atoms with Crippen LogP contribution in [0.25, 0.3) is 0 Å². The number of hydrogen-bond acceptors (Lipinski definition) is 4. The second-order valence-corrected chi connectivity index (χ2v) is 6.45. The zero-order chi connectivity index (χ0) is 17.9. The predicted molar refractivity (Wildman–Crippen MR) is 95.6 cm³/mol. The molecule has 26 heavy (non-hydrogen) atoms. The fraction of sp³-hybridized carbons (Fsp3) is 0.316. The van der Waals surface area contributed by atoms with Crippen molar-refractivity contribution in [2.75, 3.05) is 13.7 Å². The van der Waals surface area contributed by atoms with E-state index in [0.717, 1.165) is 17.8 Å². The molecule has 1 fully saturated rings. The molecule has 0 bridgehead atoms. The molecule has 1 unspecified atom stereocenters. The van der Waals surface area contributed by atoms with Gasteiger partial charge in [0.25, 0.3) is 5.91 Å². The first-order valence-electron chi connectivity index (χ1n) is 8.64. The number of rotatable bonds is 5. The van der Waals surface area contributed by atoms with Crippen molar-refractivity contribution in [1.82, 2.24) is 24.6 Å². The second-order valence-electron chi connectivity index (χ2n) is 6.45. The van der Waals surface area contributed by atoms with E-state index in [1.807, 2.05) is 35.2 Å². The van der Waals surface area contributed by atoms with E-state index in [0.29, 0.717) is 18.7 Å². The van der Waals surface area contributed by atoms with Gasteiger partial charge in [0.2, 0.25) is 0 Å². The first-order chi connectivity index (χ1) is 12.7. The lowest BCUT2D eigenvalue weighted by molar-refractivity contribution is 0.0684. The maximum Gasteiger partial charge on any atom is 0.257 e. The van der Waals surface area contributed by atoms with Crippen molar-refractivity contribution in [2.45, 2.75) is 25.1 Å². The number of H-pyrrole nitrogens is 1. The molecule has 2 aromatic heterocycles. The normalized spacial score (nSPS) is 19.8. The number of ether oxygens (including phenoxy) is 1. The van der Waals surface area contributed by atoms with Gasteiger partial charge in [0.05, 0.1) is 30.5 Å². The van der Waals surface area contributed by atoms with Crippen LogP contribution in [0.1, 0.15) is 34.2 Å². The third-order valence-corrected chi connectivity index (χ3v) is 4.76. The number of likely N-dealkylation sites (tertiary alicyclic amines) is 1. The molecule has 1 N–H and O–H groups in total. The Morgan fingerprint density at radius 1 is 1.35 bits per heavy atom. The quantitative estimate of drug-likeness (QED) is 0.765. The summed E-state index contributed by atoms with van der Waals surface area (Å²) in [5, 5.41) is 4.35. The lowest BCUT2D eigenvalue weighted by Gasteiger charge is -2.22. The largest absolute Gasteiger partial charge is 0.380 e. The van der Waals surface area contributed by atoms with E-state index < -0.39 is 0 Å². The molecular weight excluding hydrogens is 330 g/mol. The highest BCUT2D eigenvalue weighted by atomic mass is 16.5. The number of aromatic amines is 1. The van der Waals surface area contributed by atoms with Crippen molar-refractivity contribution in [2.24, 2.45) is 0 Å². The Bertz CT molecular complexity index is 859. The summed E-state index contributed by atoms with van der Waals surface area (Å²) in [7, 11) is 1.68. The highest BCUT2D eigenvalue weighted by molar-refractivity contribution is 5.94. The topological polar surface area (TPSA) is 76.0 Å². The van der Waals surface area contributed by atoms with Gasteiger partial charge in [-0.3, -0.25) is 9.48 Å². The minimum Gasteiger partial charge on any atom is -0.380 e. The van der Waals surface area contributed by atoms with Gasteiger partial charge in [0.1, 0.15) is 5.82 Å². The lowest BCUT2D eigenvalue weighted by Crippen LogP contribution is -2.32. The maximum absolute atomic E-state index is 13.1. The Labute approximate surface area is 151 Å². The molecular formula is C19H21N5O2. The summed E-state index contributed by atoms with van der Waals surface area (Å²) < 4.78 is 7.27. The van der Waals surface area contributed by atoms with Crippen molar-refractivity contribution < 1.29 is 9.53 Å². The van der Waals surface area contributed by atoms with Gasteiger partial charge < -0.3 is 14.6 Å². The van der Waals surface area contributed by atoms with Crippen molar-refractivity contribution >= 4 is 5.91 Å². The highest BCUT2D eigenvalue weighted by Gasteiger charge is 2.38. The van der Waals surface area contributed by atoms with Crippen LogP contribution in [-0.4, -0.2) is 50.3 Å². The number of aromatic nitrogens is 4. The van der Waals surface area contributed by atoms with Crippen LogP contribution in [-0.2, 0) is 11.3 Å². The van der Waals surface area contributed by atoms with Crippen LogP contribution in [0.4, 0.5) is 0 Å². The number of imidazole rings is 1. The minimum absolute atomic E-state index is 0.00779. The van der Waals surface area contributed by atoms with Crippen molar-refractivity contribution in [3.05, 3.63) is 72.1 Å². The number of carbonyl (C=O) groups excluding carboxylic acids is 1. The molecule has 0 spiro atoms. The molecule has 134 valence electrons. The third kappa shape index (κ3) is 3.25. The minimum atomic E-state index is -0.111. The van der Waals surface area contributed by atoms with Gasteiger partial charge in [-0.15, -0.1) is 0 Å². The van der Waals surface area contributed by atoms with Gasteiger partial charge in [-0.05, 0) is 5.56 Å². The molecule has 0 radical (unpaired) electrons. The number of nitrogens with zero attached hydrogens (tertiary/aromatic N) is 4. The van der Waals surface area contributed by atoms with E-state index in [2.05, 4.69) is 15.1 Å². The van der Waals surface area contributed by atoms with Gasteiger partial charge in [-0.1, -0.05) is 30.3 Å². The lowest BCUT2D eigenvalue weighted by atomic mass is 10.2. The van der Waals surface area contributed by atoms with Gasteiger partial charge in [0.15, 0.2) is 0 Å².